The Balaban J connectivity index is 0.00000243. The Labute approximate surface area is 158 Å². The van der Waals surface area contributed by atoms with Crippen molar-refractivity contribution in [2.24, 2.45) is 0 Å². The zero-order valence-electron chi connectivity index (χ0n) is 14.5. The summed E-state index contributed by atoms with van der Waals surface area (Å²) in [5, 5.41) is 15.0. The van der Waals surface area contributed by atoms with Crippen LogP contribution in [0.2, 0.25) is 0 Å². The molecule has 138 valence electrons. The Morgan fingerprint density at radius 3 is 2.54 bits per heavy atom. The summed E-state index contributed by atoms with van der Waals surface area (Å²) in [5.74, 6) is 0.690. The second kappa shape index (κ2) is 10.5. The molecule has 0 saturated heterocycles. The maximum atomic E-state index is 5.81. The SMILES string of the molecule is COCCCNCc1ccc(Oc2nnnn2-c2ccccc2)cc1.Cl. The standard InChI is InChI=1S/C18H21N5O2.ClH/c1-24-13-5-12-19-14-15-8-10-17(11-9-15)25-18-20-21-22-23(18)16-6-3-2-4-7-16;/h2-4,6-11,19H,5,12-14H2,1H3;1H. The first-order chi connectivity index (χ1) is 12.4. The Morgan fingerprint density at radius 2 is 1.81 bits per heavy atom. The number of nitrogens with zero attached hydrogens (tertiary/aromatic N) is 4. The molecule has 0 aliphatic carbocycles. The fraction of sp³-hybridized carbons (Fsp3) is 0.278. The summed E-state index contributed by atoms with van der Waals surface area (Å²) >= 11 is 0. The maximum absolute atomic E-state index is 5.81. The summed E-state index contributed by atoms with van der Waals surface area (Å²) in [7, 11) is 1.72. The molecule has 26 heavy (non-hydrogen) atoms. The van der Waals surface area contributed by atoms with E-state index in [4.69, 9.17) is 9.47 Å². The van der Waals surface area contributed by atoms with Crippen molar-refractivity contribution >= 4 is 12.4 Å². The van der Waals surface area contributed by atoms with E-state index in [9.17, 15) is 0 Å². The second-order valence-electron chi connectivity index (χ2n) is 5.48. The van der Waals surface area contributed by atoms with Crippen molar-refractivity contribution in [2.75, 3.05) is 20.3 Å². The van der Waals surface area contributed by atoms with E-state index in [-0.39, 0.29) is 12.4 Å². The van der Waals surface area contributed by atoms with E-state index >= 15 is 0 Å². The lowest BCUT2D eigenvalue weighted by Crippen LogP contribution is -2.15. The number of hydrogen-bond donors (Lipinski definition) is 1. The lowest BCUT2D eigenvalue weighted by Gasteiger charge is -2.08. The van der Waals surface area contributed by atoms with Gasteiger partial charge < -0.3 is 14.8 Å². The van der Waals surface area contributed by atoms with Gasteiger partial charge in [-0.3, -0.25) is 0 Å². The number of methoxy groups -OCH3 is 1. The summed E-state index contributed by atoms with van der Waals surface area (Å²) in [6, 6.07) is 17.8. The van der Waals surface area contributed by atoms with Crippen LogP contribution < -0.4 is 10.1 Å². The smallest absolute Gasteiger partial charge is 0.345 e. The first kappa shape index (κ1) is 19.8. The molecule has 0 amide bonds. The van der Waals surface area contributed by atoms with Crippen LogP contribution in [0.1, 0.15) is 12.0 Å². The van der Waals surface area contributed by atoms with Crippen molar-refractivity contribution in [1.82, 2.24) is 25.5 Å². The summed E-state index contributed by atoms with van der Waals surface area (Å²) in [6.45, 7) is 2.51. The number of hydrogen-bond acceptors (Lipinski definition) is 6. The van der Waals surface area contributed by atoms with Crippen LogP contribution in [0.25, 0.3) is 5.69 Å². The van der Waals surface area contributed by atoms with Gasteiger partial charge in [0.15, 0.2) is 0 Å². The van der Waals surface area contributed by atoms with Crippen LogP contribution in [-0.2, 0) is 11.3 Å². The fourth-order valence-electron chi connectivity index (χ4n) is 2.33. The molecule has 0 bridgehead atoms. The lowest BCUT2D eigenvalue weighted by atomic mass is 10.2. The van der Waals surface area contributed by atoms with Crippen LogP contribution in [0.3, 0.4) is 0 Å². The van der Waals surface area contributed by atoms with E-state index in [0.717, 1.165) is 31.8 Å². The molecule has 0 aliphatic heterocycles. The van der Waals surface area contributed by atoms with Gasteiger partial charge in [0.25, 0.3) is 0 Å². The molecule has 1 heterocycles. The molecule has 3 aromatic rings. The maximum Gasteiger partial charge on any atom is 0.345 e. The molecule has 2 aromatic carbocycles. The molecular formula is C18H22ClN5O2. The zero-order valence-corrected chi connectivity index (χ0v) is 15.4. The van der Waals surface area contributed by atoms with Gasteiger partial charge in [-0.1, -0.05) is 35.4 Å². The number of halogens is 1. The highest BCUT2D eigenvalue weighted by Gasteiger charge is 2.10. The van der Waals surface area contributed by atoms with Crippen LogP contribution in [-0.4, -0.2) is 40.5 Å². The summed E-state index contributed by atoms with van der Waals surface area (Å²) in [6.07, 6.45) is 1.000. The van der Waals surface area contributed by atoms with Gasteiger partial charge in [0.05, 0.1) is 5.69 Å². The van der Waals surface area contributed by atoms with Crippen molar-refractivity contribution < 1.29 is 9.47 Å². The minimum Gasteiger partial charge on any atom is -0.423 e. The normalized spacial score (nSPS) is 10.3. The van der Waals surface area contributed by atoms with E-state index < -0.39 is 0 Å². The highest BCUT2D eigenvalue weighted by Crippen LogP contribution is 2.21. The van der Waals surface area contributed by atoms with Gasteiger partial charge in [0.1, 0.15) is 5.75 Å². The minimum absolute atomic E-state index is 0. The van der Waals surface area contributed by atoms with E-state index in [0.29, 0.717) is 11.8 Å². The van der Waals surface area contributed by atoms with Gasteiger partial charge in [-0.25, -0.2) is 0 Å². The highest BCUT2D eigenvalue weighted by atomic mass is 35.5. The third-order valence-electron chi connectivity index (χ3n) is 3.61. The zero-order chi connectivity index (χ0) is 17.3. The average molecular weight is 376 g/mol. The van der Waals surface area contributed by atoms with Crippen LogP contribution in [0.4, 0.5) is 0 Å². The number of tetrazole rings is 1. The van der Waals surface area contributed by atoms with Gasteiger partial charge in [-0.05, 0) is 53.2 Å². The Hall–Kier alpha value is -2.48. The van der Waals surface area contributed by atoms with Crippen molar-refractivity contribution in [2.45, 2.75) is 13.0 Å². The monoisotopic (exact) mass is 375 g/mol. The number of para-hydroxylation sites is 1. The minimum atomic E-state index is 0. The number of rotatable bonds is 9. The van der Waals surface area contributed by atoms with E-state index in [1.165, 1.54) is 5.56 Å². The first-order valence-electron chi connectivity index (χ1n) is 8.17. The van der Waals surface area contributed by atoms with Crippen molar-refractivity contribution in [3.05, 3.63) is 60.2 Å². The highest BCUT2D eigenvalue weighted by molar-refractivity contribution is 5.85. The van der Waals surface area contributed by atoms with Gasteiger partial charge in [0, 0.05) is 20.3 Å². The molecule has 1 aromatic heterocycles. The number of benzene rings is 2. The molecule has 0 unspecified atom stereocenters. The third-order valence-corrected chi connectivity index (χ3v) is 3.61. The van der Waals surface area contributed by atoms with E-state index in [2.05, 4.69) is 20.8 Å². The molecule has 7 nitrogen and oxygen atoms in total. The molecule has 0 atom stereocenters. The molecule has 0 saturated carbocycles. The van der Waals surface area contributed by atoms with Crippen molar-refractivity contribution in [1.29, 1.82) is 0 Å². The van der Waals surface area contributed by atoms with Crippen molar-refractivity contribution in [3.8, 4) is 17.4 Å². The molecule has 1 N–H and O–H groups in total. The Kier molecular flexibility index (Phi) is 8.01. The molecular weight excluding hydrogens is 354 g/mol. The predicted molar refractivity (Wildman–Crippen MR) is 101 cm³/mol. The molecule has 3 rings (SSSR count). The quantitative estimate of drug-likeness (QED) is 0.579. The Bertz CT molecular complexity index is 765. The van der Waals surface area contributed by atoms with E-state index in [1.807, 2.05) is 54.6 Å². The van der Waals surface area contributed by atoms with E-state index in [1.54, 1.807) is 11.8 Å². The van der Waals surface area contributed by atoms with Crippen LogP contribution in [0, 0.1) is 0 Å². The van der Waals surface area contributed by atoms with Gasteiger partial charge in [-0.15, -0.1) is 12.4 Å². The lowest BCUT2D eigenvalue weighted by molar-refractivity contribution is 0.194. The third kappa shape index (κ3) is 5.52. The van der Waals surface area contributed by atoms with Gasteiger partial charge in [-0.2, -0.15) is 4.68 Å². The average Bonchev–Trinajstić information content (AvgIpc) is 3.12. The van der Waals surface area contributed by atoms with Crippen LogP contribution in [0.5, 0.6) is 11.8 Å². The molecule has 0 spiro atoms. The predicted octanol–water partition coefficient (Wildman–Crippen LogP) is 3.00. The number of ether oxygens (including phenoxy) is 2. The second-order valence-corrected chi connectivity index (χ2v) is 5.48. The fourth-order valence-corrected chi connectivity index (χ4v) is 2.33. The largest absolute Gasteiger partial charge is 0.423 e. The van der Waals surface area contributed by atoms with Gasteiger partial charge >= 0.3 is 6.01 Å². The van der Waals surface area contributed by atoms with Gasteiger partial charge in [0.2, 0.25) is 0 Å². The first-order valence-corrected chi connectivity index (χ1v) is 8.17. The van der Waals surface area contributed by atoms with Crippen LogP contribution >= 0.6 is 12.4 Å². The van der Waals surface area contributed by atoms with Crippen molar-refractivity contribution in [3.63, 3.8) is 0 Å². The topological polar surface area (TPSA) is 74.1 Å². The summed E-state index contributed by atoms with van der Waals surface area (Å²) in [5.41, 5.74) is 2.03. The number of nitrogens with one attached hydrogen (secondary N) is 1. The Morgan fingerprint density at radius 1 is 1.04 bits per heavy atom. The molecule has 0 radical (unpaired) electrons. The summed E-state index contributed by atoms with van der Waals surface area (Å²) in [4.78, 5) is 0. The molecule has 0 fully saturated rings. The van der Waals surface area contributed by atoms with Crippen LogP contribution in [0.15, 0.2) is 54.6 Å². The molecule has 0 aliphatic rings. The molecule has 8 heteroatoms. The summed E-state index contributed by atoms with van der Waals surface area (Å²) < 4.78 is 12.4. The number of aromatic nitrogens is 4.